The Bertz CT molecular complexity index is 1650. The molecule has 2 aliphatic heterocycles. The Hall–Kier alpha value is -2.62. The Kier molecular flexibility index (Phi) is 8.66. The maximum Gasteiger partial charge on any atom is 0.307 e. The third kappa shape index (κ3) is 5.02. The number of fused-ring (bicyclic) bond motifs is 3. The fourth-order valence-electron chi connectivity index (χ4n) is 13.4. The molecule has 0 spiro atoms. The highest BCUT2D eigenvalue weighted by atomic mass is 16.5. The molecule has 51 heavy (non-hydrogen) atoms. The average Bonchev–Trinajstić information content (AvgIpc) is 3.81. The molecular formula is C42H61N5O4. The molecular weight excluding hydrogens is 638 g/mol. The number of aliphatic carboxylic acids is 1. The summed E-state index contributed by atoms with van der Waals surface area (Å²) in [5, 5.41) is 19.8. The number of nitrogens with zero attached hydrogens (tertiary/aromatic N) is 4. The molecule has 2 aromatic heterocycles. The van der Waals surface area contributed by atoms with Crippen LogP contribution in [0.2, 0.25) is 0 Å². The minimum absolute atomic E-state index is 0.0312. The topological polar surface area (TPSA) is 111 Å². The lowest BCUT2D eigenvalue weighted by Crippen LogP contribution is -2.69. The molecule has 278 valence electrons. The zero-order valence-electron chi connectivity index (χ0n) is 32.0. The number of carboxylic acid groups (broad SMARTS) is 1. The van der Waals surface area contributed by atoms with Crippen LogP contribution in [0.1, 0.15) is 106 Å². The van der Waals surface area contributed by atoms with Gasteiger partial charge in [0.15, 0.2) is 5.82 Å². The van der Waals surface area contributed by atoms with Crippen molar-refractivity contribution in [2.45, 2.75) is 118 Å². The zero-order chi connectivity index (χ0) is 36.0. The van der Waals surface area contributed by atoms with Gasteiger partial charge in [-0.2, -0.15) is 5.10 Å². The predicted octanol–water partition coefficient (Wildman–Crippen LogP) is 7.61. The highest BCUT2D eigenvalue weighted by Gasteiger charge is 2.72. The Morgan fingerprint density at radius 1 is 1.08 bits per heavy atom. The normalized spacial score (nSPS) is 43.9. The second kappa shape index (κ2) is 12.5. The Morgan fingerprint density at radius 2 is 1.86 bits per heavy atom. The zero-order valence-corrected chi connectivity index (χ0v) is 32.0. The van der Waals surface area contributed by atoms with E-state index in [1.807, 2.05) is 24.5 Å². The van der Waals surface area contributed by atoms with E-state index in [2.05, 4.69) is 69.5 Å². The smallest absolute Gasteiger partial charge is 0.307 e. The first-order valence-electron chi connectivity index (χ1n) is 20.0. The standard InChI is InChI=1S/C42H61N5O4/c1-26(2)27(3)38(4)16-17-40(6)30-10-11-33-39(5)23-50-24-42(33,31(30)12-15-41(40,7)34(38)37(48)49)21-32(35(39)51-22-29-9-8-18-44-29)47-36(45-25-46-47)28-13-19-43-20-14-28/h12-14,19-20,25-27,29-30,32-35,44H,8-11,15-18,21-24H2,1-7H3,(H,48,49)/t27-,29-,30+,32-,33+,34-,35+,38-,39?,40-,41+,42+/m1/s1. The summed E-state index contributed by atoms with van der Waals surface area (Å²) in [5.41, 5.74) is 1.41. The van der Waals surface area contributed by atoms with Gasteiger partial charge in [-0.25, -0.2) is 9.67 Å². The maximum absolute atomic E-state index is 13.5. The quantitative estimate of drug-likeness (QED) is 0.271. The first kappa shape index (κ1) is 35.4. The summed E-state index contributed by atoms with van der Waals surface area (Å²) >= 11 is 0. The van der Waals surface area contributed by atoms with Crippen LogP contribution in [0.4, 0.5) is 0 Å². The molecule has 0 radical (unpaired) electrons. The highest BCUT2D eigenvalue weighted by Crippen LogP contribution is 2.75. The van der Waals surface area contributed by atoms with E-state index in [1.54, 1.807) is 11.9 Å². The molecule has 8 rings (SSSR count). The van der Waals surface area contributed by atoms with Crippen molar-refractivity contribution in [1.82, 2.24) is 25.1 Å². The summed E-state index contributed by atoms with van der Waals surface area (Å²) in [6, 6.07) is 4.38. The van der Waals surface area contributed by atoms with Crippen LogP contribution in [-0.2, 0) is 14.3 Å². The van der Waals surface area contributed by atoms with Crippen molar-refractivity contribution in [3.63, 3.8) is 0 Å². The molecule has 9 nitrogen and oxygen atoms in total. The van der Waals surface area contributed by atoms with Gasteiger partial charge in [-0.3, -0.25) is 9.78 Å². The predicted molar refractivity (Wildman–Crippen MR) is 197 cm³/mol. The number of hydrogen-bond acceptors (Lipinski definition) is 7. The molecule has 0 aromatic carbocycles. The molecule has 5 fully saturated rings. The average molecular weight is 700 g/mol. The number of aromatic nitrogens is 4. The molecule has 2 bridgehead atoms. The monoisotopic (exact) mass is 699 g/mol. The van der Waals surface area contributed by atoms with Crippen molar-refractivity contribution in [2.24, 2.45) is 56.7 Å². The largest absolute Gasteiger partial charge is 0.481 e. The van der Waals surface area contributed by atoms with Gasteiger partial charge in [0, 0.05) is 34.8 Å². The van der Waals surface area contributed by atoms with Crippen LogP contribution in [0.15, 0.2) is 42.5 Å². The van der Waals surface area contributed by atoms with Gasteiger partial charge in [0.25, 0.3) is 0 Å². The summed E-state index contributed by atoms with van der Waals surface area (Å²) in [6.45, 7) is 19.5. The molecule has 4 aliphatic carbocycles. The van der Waals surface area contributed by atoms with Crippen LogP contribution in [0, 0.1) is 56.7 Å². The molecule has 6 aliphatic rings. The van der Waals surface area contributed by atoms with Crippen LogP contribution in [0.3, 0.4) is 0 Å². The molecule has 4 heterocycles. The van der Waals surface area contributed by atoms with E-state index in [1.165, 1.54) is 6.42 Å². The van der Waals surface area contributed by atoms with E-state index < -0.39 is 11.9 Å². The third-order valence-electron chi connectivity index (χ3n) is 16.6. The number of carboxylic acids is 1. The van der Waals surface area contributed by atoms with Crippen LogP contribution in [0.5, 0.6) is 0 Å². The van der Waals surface area contributed by atoms with Gasteiger partial charge in [0.05, 0.1) is 37.9 Å². The lowest BCUT2D eigenvalue weighted by Gasteiger charge is -2.71. The van der Waals surface area contributed by atoms with E-state index in [9.17, 15) is 9.90 Å². The number of carbonyl (C=O) groups is 1. The van der Waals surface area contributed by atoms with Crippen molar-refractivity contribution in [1.29, 1.82) is 0 Å². The number of hydrogen-bond donors (Lipinski definition) is 2. The molecule has 3 saturated carbocycles. The van der Waals surface area contributed by atoms with Gasteiger partial charge in [-0.1, -0.05) is 60.1 Å². The van der Waals surface area contributed by atoms with Crippen LogP contribution >= 0.6 is 0 Å². The minimum Gasteiger partial charge on any atom is -0.481 e. The number of nitrogens with one attached hydrogen (secondary N) is 1. The summed E-state index contributed by atoms with van der Waals surface area (Å²) < 4.78 is 16.1. The van der Waals surface area contributed by atoms with Gasteiger partial charge < -0.3 is 19.9 Å². The summed E-state index contributed by atoms with van der Waals surface area (Å²) in [4.78, 5) is 22.6. The number of pyridine rings is 1. The molecule has 12 atom stereocenters. The Morgan fingerprint density at radius 3 is 2.57 bits per heavy atom. The fourth-order valence-corrected chi connectivity index (χ4v) is 13.4. The van der Waals surface area contributed by atoms with Crippen molar-refractivity contribution < 1.29 is 19.4 Å². The Labute approximate surface area is 304 Å². The van der Waals surface area contributed by atoms with E-state index >= 15 is 0 Å². The first-order chi connectivity index (χ1) is 24.3. The van der Waals surface area contributed by atoms with Crippen LogP contribution < -0.4 is 5.32 Å². The second-order valence-corrected chi connectivity index (χ2v) is 18.9. The van der Waals surface area contributed by atoms with Crippen molar-refractivity contribution in [3.05, 3.63) is 42.5 Å². The second-order valence-electron chi connectivity index (χ2n) is 18.9. The molecule has 0 amide bonds. The number of rotatable bonds is 8. The van der Waals surface area contributed by atoms with Gasteiger partial charge in [0.2, 0.25) is 0 Å². The van der Waals surface area contributed by atoms with Crippen LogP contribution in [0.25, 0.3) is 11.4 Å². The van der Waals surface area contributed by atoms with Gasteiger partial charge in [-0.05, 0) is 110 Å². The van der Waals surface area contributed by atoms with Gasteiger partial charge in [-0.15, -0.1) is 0 Å². The van der Waals surface area contributed by atoms with Crippen LogP contribution in [-0.4, -0.2) is 69.3 Å². The van der Waals surface area contributed by atoms with E-state index in [4.69, 9.17) is 19.6 Å². The van der Waals surface area contributed by atoms with Gasteiger partial charge in [0.1, 0.15) is 6.33 Å². The third-order valence-corrected chi connectivity index (χ3v) is 16.6. The summed E-state index contributed by atoms with van der Waals surface area (Å²) in [6.07, 6.45) is 16.0. The van der Waals surface area contributed by atoms with E-state index in [0.29, 0.717) is 49.5 Å². The van der Waals surface area contributed by atoms with Crippen molar-refractivity contribution in [3.8, 4) is 11.4 Å². The lowest BCUT2D eigenvalue weighted by atomic mass is 9.34. The minimum atomic E-state index is -0.611. The molecule has 2 N–H and O–H groups in total. The van der Waals surface area contributed by atoms with E-state index in [-0.39, 0.29) is 39.2 Å². The Balaban J connectivity index is 1.23. The summed E-state index contributed by atoms with van der Waals surface area (Å²) in [5.74, 6) is 1.31. The number of ether oxygens (including phenoxy) is 2. The highest BCUT2D eigenvalue weighted by molar-refractivity contribution is 5.73. The molecule has 9 heteroatoms. The van der Waals surface area contributed by atoms with E-state index in [0.717, 1.165) is 62.9 Å². The molecule has 2 aromatic rings. The first-order valence-corrected chi connectivity index (χ1v) is 20.0. The van der Waals surface area contributed by atoms with Crippen molar-refractivity contribution >= 4 is 5.97 Å². The maximum atomic E-state index is 13.5. The fraction of sp³-hybridized carbons (Fsp3) is 0.762. The molecule has 1 unspecified atom stereocenters. The van der Waals surface area contributed by atoms with Crippen molar-refractivity contribution in [2.75, 3.05) is 26.4 Å². The number of allylic oxidation sites excluding steroid dienone is 1. The van der Waals surface area contributed by atoms with Gasteiger partial charge >= 0.3 is 5.97 Å². The lowest BCUT2D eigenvalue weighted by molar-refractivity contribution is -0.250. The summed E-state index contributed by atoms with van der Waals surface area (Å²) in [7, 11) is 0. The molecule has 2 saturated heterocycles. The SMILES string of the molecule is CC(C)[C@@H](C)[C@@]1(C)CC[C@]2(C)[C@H]3CC[C@H]4C5(C)COC[C@@]4(C[C@@H](n4ncnc4-c4ccncc4)[C@@H]5OC[C@H]4CCCN4)C3=CC[C@@]2(C)[C@@H]1C(=O)O.